The Morgan fingerprint density at radius 1 is 0.821 bits per heavy atom. The molecule has 0 aliphatic carbocycles. The van der Waals surface area contributed by atoms with Crippen LogP contribution in [0.4, 0.5) is 5.69 Å². The largest absolute Gasteiger partial charge is 0.497 e. The highest BCUT2D eigenvalue weighted by molar-refractivity contribution is 5.96. The van der Waals surface area contributed by atoms with Gasteiger partial charge in [0.1, 0.15) is 11.6 Å². The summed E-state index contributed by atoms with van der Waals surface area (Å²) in [6, 6.07) is 16.2. The average molecular weight is 532 g/mol. The number of imidazole rings is 1. The van der Waals surface area contributed by atoms with E-state index in [9.17, 15) is 4.79 Å². The summed E-state index contributed by atoms with van der Waals surface area (Å²) in [6.07, 6.45) is 19.6. The first-order chi connectivity index (χ1) is 19.2. The molecule has 1 aromatic heterocycles. The topological polar surface area (TPSA) is 47.4 Å². The van der Waals surface area contributed by atoms with Crippen molar-refractivity contribution in [3.8, 4) is 5.75 Å². The second-order valence-electron chi connectivity index (χ2n) is 11.3. The van der Waals surface area contributed by atoms with Gasteiger partial charge in [0.2, 0.25) is 5.91 Å². The molecule has 39 heavy (non-hydrogen) atoms. The van der Waals surface area contributed by atoms with Crippen LogP contribution >= 0.6 is 0 Å². The van der Waals surface area contributed by atoms with E-state index in [0.717, 1.165) is 35.7 Å². The fraction of sp³-hybridized carbons (Fsp3) is 0.588. The number of amides is 1. The van der Waals surface area contributed by atoms with Crippen molar-refractivity contribution in [2.24, 2.45) is 0 Å². The summed E-state index contributed by atoms with van der Waals surface area (Å²) in [5, 5.41) is 0. The molecule has 0 spiro atoms. The zero-order valence-corrected chi connectivity index (χ0v) is 24.4. The van der Waals surface area contributed by atoms with Crippen molar-refractivity contribution in [2.45, 2.75) is 116 Å². The molecule has 1 saturated heterocycles. The van der Waals surface area contributed by atoms with Gasteiger partial charge in [0.15, 0.2) is 0 Å². The minimum Gasteiger partial charge on any atom is -0.497 e. The first-order valence-electron chi connectivity index (χ1n) is 15.6. The van der Waals surface area contributed by atoms with Crippen molar-refractivity contribution in [1.29, 1.82) is 0 Å². The Balaban J connectivity index is 1.23. The molecule has 2 aromatic carbocycles. The molecule has 0 unspecified atom stereocenters. The quantitative estimate of drug-likeness (QED) is 0.154. The summed E-state index contributed by atoms with van der Waals surface area (Å²) < 4.78 is 7.77. The third kappa shape index (κ3) is 8.33. The molecular weight excluding hydrogens is 482 g/mol. The van der Waals surface area contributed by atoms with Crippen molar-refractivity contribution in [1.82, 2.24) is 9.55 Å². The Morgan fingerprint density at radius 3 is 2.13 bits per heavy atom. The standard InChI is InChI=1S/C34H49N3O2/c1-3-4-5-6-7-8-9-10-11-12-13-14-15-18-24-36-32-23-17-16-22-31(32)35-34(36)28-25-33(38)37(27-28)29-20-19-21-30(26-29)39-2/h16-17,19-23,26,28H,3-15,18,24-25,27H2,1-2H3/t28-/m0/s1. The van der Waals surface area contributed by atoms with Gasteiger partial charge in [-0.1, -0.05) is 109 Å². The van der Waals surface area contributed by atoms with Gasteiger partial charge >= 0.3 is 0 Å². The van der Waals surface area contributed by atoms with E-state index in [4.69, 9.17) is 9.72 Å². The van der Waals surface area contributed by atoms with Gasteiger partial charge in [-0.2, -0.15) is 0 Å². The minimum absolute atomic E-state index is 0.0998. The van der Waals surface area contributed by atoms with Crippen LogP contribution < -0.4 is 9.64 Å². The van der Waals surface area contributed by atoms with Crippen molar-refractivity contribution in [3.63, 3.8) is 0 Å². The fourth-order valence-electron chi connectivity index (χ4n) is 6.01. The summed E-state index contributed by atoms with van der Waals surface area (Å²) in [5.74, 6) is 2.09. The number of aryl methyl sites for hydroxylation is 1. The summed E-state index contributed by atoms with van der Waals surface area (Å²) in [5.41, 5.74) is 3.12. The number of benzene rings is 2. The number of nitrogens with zero attached hydrogens (tertiary/aromatic N) is 3. The lowest BCUT2D eigenvalue weighted by Gasteiger charge is -2.18. The van der Waals surface area contributed by atoms with Gasteiger partial charge in [-0.25, -0.2) is 4.98 Å². The van der Waals surface area contributed by atoms with Crippen LogP contribution in [0, 0.1) is 0 Å². The summed E-state index contributed by atoms with van der Waals surface area (Å²) >= 11 is 0. The number of carbonyl (C=O) groups is 1. The van der Waals surface area contributed by atoms with E-state index < -0.39 is 0 Å². The summed E-state index contributed by atoms with van der Waals surface area (Å²) in [7, 11) is 1.66. The van der Waals surface area contributed by atoms with E-state index in [-0.39, 0.29) is 11.8 Å². The summed E-state index contributed by atoms with van der Waals surface area (Å²) in [6.45, 7) is 3.92. The molecule has 3 aromatic rings. The van der Waals surface area contributed by atoms with Crippen LogP contribution in [0.5, 0.6) is 5.75 Å². The zero-order valence-electron chi connectivity index (χ0n) is 24.4. The molecule has 0 bridgehead atoms. The number of fused-ring (bicyclic) bond motifs is 1. The van der Waals surface area contributed by atoms with Crippen LogP contribution in [0.2, 0.25) is 0 Å². The molecule has 5 nitrogen and oxygen atoms in total. The Morgan fingerprint density at radius 2 is 1.46 bits per heavy atom. The first-order valence-corrected chi connectivity index (χ1v) is 15.6. The Hall–Kier alpha value is -2.82. The number of anilines is 1. The third-order valence-corrected chi connectivity index (χ3v) is 8.27. The zero-order chi connectivity index (χ0) is 27.3. The van der Waals surface area contributed by atoms with Crippen LogP contribution in [0.25, 0.3) is 11.0 Å². The lowest BCUT2D eigenvalue weighted by molar-refractivity contribution is -0.117. The number of hydrogen-bond donors (Lipinski definition) is 0. The molecule has 1 aliphatic rings. The molecule has 0 N–H and O–H groups in total. The van der Waals surface area contributed by atoms with E-state index >= 15 is 0 Å². The van der Waals surface area contributed by atoms with Crippen molar-refractivity contribution >= 4 is 22.6 Å². The average Bonchev–Trinajstić information content (AvgIpc) is 3.53. The molecule has 1 aliphatic heterocycles. The van der Waals surface area contributed by atoms with Gasteiger partial charge in [-0.3, -0.25) is 4.79 Å². The maximum absolute atomic E-state index is 13.0. The van der Waals surface area contributed by atoms with Crippen molar-refractivity contribution < 1.29 is 9.53 Å². The minimum atomic E-state index is 0.0998. The number of aromatic nitrogens is 2. The normalized spacial score (nSPS) is 15.5. The van der Waals surface area contributed by atoms with Crippen LogP contribution in [0.15, 0.2) is 48.5 Å². The van der Waals surface area contributed by atoms with E-state index in [2.05, 4.69) is 35.8 Å². The predicted molar refractivity (Wildman–Crippen MR) is 163 cm³/mol. The second-order valence-corrected chi connectivity index (χ2v) is 11.3. The number of hydrogen-bond acceptors (Lipinski definition) is 3. The van der Waals surface area contributed by atoms with Gasteiger partial charge in [-0.05, 0) is 30.7 Å². The molecule has 212 valence electrons. The Bertz CT molecular complexity index is 1150. The maximum atomic E-state index is 13.0. The molecule has 0 radical (unpaired) electrons. The number of rotatable bonds is 18. The van der Waals surface area contributed by atoms with Gasteiger partial charge in [0.25, 0.3) is 0 Å². The van der Waals surface area contributed by atoms with Gasteiger partial charge in [0.05, 0.1) is 18.1 Å². The lowest BCUT2D eigenvalue weighted by atomic mass is 10.0. The molecule has 1 atom stereocenters. The fourth-order valence-corrected chi connectivity index (χ4v) is 6.01. The SMILES string of the molecule is CCCCCCCCCCCCCCCCn1c([C@H]2CC(=O)N(c3cccc(OC)c3)C2)nc2ccccc21. The van der Waals surface area contributed by atoms with Gasteiger partial charge in [0, 0.05) is 37.2 Å². The molecule has 2 heterocycles. The molecular formula is C34H49N3O2. The maximum Gasteiger partial charge on any atom is 0.227 e. The number of methoxy groups -OCH3 is 1. The number of para-hydroxylation sites is 2. The second kappa shape index (κ2) is 15.7. The van der Waals surface area contributed by atoms with E-state index in [0.29, 0.717) is 13.0 Å². The third-order valence-electron chi connectivity index (χ3n) is 8.27. The van der Waals surface area contributed by atoms with Crippen molar-refractivity contribution in [2.75, 3.05) is 18.6 Å². The van der Waals surface area contributed by atoms with Crippen LogP contribution in [0.1, 0.15) is 115 Å². The highest BCUT2D eigenvalue weighted by atomic mass is 16.5. The van der Waals surface area contributed by atoms with Crippen LogP contribution in [-0.2, 0) is 11.3 Å². The molecule has 0 saturated carbocycles. The number of carbonyl (C=O) groups excluding carboxylic acids is 1. The Labute approximate surface area is 236 Å². The predicted octanol–water partition coefficient (Wildman–Crippen LogP) is 9.05. The van der Waals surface area contributed by atoms with E-state index in [1.807, 2.05) is 29.2 Å². The Kier molecular flexibility index (Phi) is 11.7. The molecule has 4 rings (SSSR count). The number of unbranched alkanes of at least 4 members (excludes halogenated alkanes) is 13. The summed E-state index contributed by atoms with van der Waals surface area (Å²) in [4.78, 5) is 20.0. The van der Waals surface area contributed by atoms with Gasteiger partial charge < -0.3 is 14.2 Å². The highest BCUT2D eigenvalue weighted by Gasteiger charge is 2.35. The number of ether oxygens (including phenoxy) is 1. The highest BCUT2D eigenvalue weighted by Crippen LogP contribution is 2.34. The van der Waals surface area contributed by atoms with E-state index in [1.54, 1.807) is 7.11 Å². The molecule has 1 amide bonds. The monoisotopic (exact) mass is 531 g/mol. The molecule has 5 heteroatoms. The van der Waals surface area contributed by atoms with Crippen LogP contribution in [-0.4, -0.2) is 29.1 Å². The van der Waals surface area contributed by atoms with Crippen molar-refractivity contribution in [3.05, 3.63) is 54.4 Å². The smallest absolute Gasteiger partial charge is 0.227 e. The first kappa shape index (κ1) is 29.2. The van der Waals surface area contributed by atoms with E-state index in [1.165, 1.54) is 89.0 Å². The van der Waals surface area contributed by atoms with Gasteiger partial charge in [-0.15, -0.1) is 0 Å². The van der Waals surface area contributed by atoms with Crippen LogP contribution in [0.3, 0.4) is 0 Å². The molecule has 1 fully saturated rings. The lowest BCUT2D eigenvalue weighted by Crippen LogP contribution is -2.24.